The summed E-state index contributed by atoms with van der Waals surface area (Å²) in [5.41, 5.74) is 0.253. The fourth-order valence-electron chi connectivity index (χ4n) is 2.27. The van der Waals surface area contributed by atoms with Crippen molar-refractivity contribution in [1.82, 2.24) is 5.32 Å². The van der Waals surface area contributed by atoms with Gasteiger partial charge in [0.05, 0.1) is 29.9 Å². The molecule has 10 heteroatoms. The van der Waals surface area contributed by atoms with Crippen LogP contribution in [0, 0.1) is 10.1 Å². The molecule has 148 valence electrons. The van der Waals surface area contributed by atoms with Gasteiger partial charge in [-0.2, -0.15) is 0 Å². The second-order valence-electron chi connectivity index (χ2n) is 5.58. The van der Waals surface area contributed by atoms with Gasteiger partial charge in [-0.25, -0.2) is 0 Å². The number of carbonyl (C=O) groups excluding carboxylic acids is 2. The third kappa shape index (κ3) is 5.58. The van der Waals surface area contributed by atoms with Gasteiger partial charge in [-0.05, 0) is 18.2 Å². The summed E-state index contributed by atoms with van der Waals surface area (Å²) in [6, 6.07) is 8.45. The molecule has 0 aromatic heterocycles. The second kappa shape index (κ2) is 9.56. The number of non-ortho nitro benzene ring substituents is 1. The van der Waals surface area contributed by atoms with Crippen LogP contribution in [0.1, 0.15) is 16.8 Å². The largest absolute Gasteiger partial charge is 0.497 e. The number of hydrogen-bond donors (Lipinski definition) is 2. The zero-order valence-electron chi connectivity index (χ0n) is 15.2. The quantitative estimate of drug-likeness (QED) is 0.512. The van der Waals surface area contributed by atoms with Crippen molar-refractivity contribution in [3.05, 3.63) is 57.1 Å². The smallest absolute Gasteiger partial charge is 0.271 e. The normalized spacial score (nSPS) is 10.1. The van der Waals surface area contributed by atoms with E-state index in [9.17, 15) is 19.7 Å². The van der Waals surface area contributed by atoms with Crippen LogP contribution in [0.5, 0.6) is 11.5 Å². The number of hydrogen-bond acceptors (Lipinski definition) is 6. The number of anilines is 1. The highest BCUT2D eigenvalue weighted by atomic mass is 35.5. The van der Waals surface area contributed by atoms with Crippen molar-refractivity contribution >= 4 is 34.8 Å². The van der Waals surface area contributed by atoms with E-state index >= 15 is 0 Å². The van der Waals surface area contributed by atoms with E-state index < -0.39 is 16.7 Å². The Morgan fingerprint density at radius 3 is 2.32 bits per heavy atom. The van der Waals surface area contributed by atoms with Crippen LogP contribution in [0.2, 0.25) is 5.02 Å². The number of methoxy groups -OCH3 is 2. The highest BCUT2D eigenvalue weighted by Gasteiger charge is 2.13. The number of nitro groups is 1. The Morgan fingerprint density at radius 1 is 1.11 bits per heavy atom. The first-order valence-electron chi connectivity index (χ1n) is 8.09. The van der Waals surface area contributed by atoms with Crippen LogP contribution < -0.4 is 20.1 Å². The number of nitrogens with zero attached hydrogens (tertiary/aromatic N) is 1. The molecule has 0 aliphatic heterocycles. The van der Waals surface area contributed by atoms with E-state index in [-0.39, 0.29) is 29.4 Å². The molecule has 2 aromatic carbocycles. The van der Waals surface area contributed by atoms with Gasteiger partial charge in [0.1, 0.15) is 11.5 Å². The van der Waals surface area contributed by atoms with Crippen molar-refractivity contribution in [1.29, 1.82) is 0 Å². The molecule has 0 aliphatic rings. The first-order valence-corrected chi connectivity index (χ1v) is 8.47. The van der Waals surface area contributed by atoms with E-state index in [0.717, 1.165) is 0 Å². The Balaban J connectivity index is 1.93. The summed E-state index contributed by atoms with van der Waals surface area (Å²) in [5.74, 6) is 0.0643. The summed E-state index contributed by atoms with van der Waals surface area (Å²) in [4.78, 5) is 34.5. The van der Waals surface area contributed by atoms with E-state index in [1.54, 1.807) is 18.2 Å². The van der Waals surface area contributed by atoms with Crippen molar-refractivity contribution < 1.29 is 24.0 Å². The van der Waals surface area contributed by atoms with Crippen LogP contribution in [0.3, 0.4) is 0 Å². The fraction of sp³-hybridized carbons (Fsp3) is 0.222. The minimum atomic E-state index is -0.589. The van der Waals surface area contributed by atoms with Gasteiger partial charge in [0, 0.05) is 36.7 Å². The van der Waals surface area contributed by atoms with Crippen molar-refractivity contribution in [2.45, 2.75) is 6.42 Å². The second-order valence-corrected chi connectivity index (χ2v) is 5.98. The Hall–Kier alpha value is -3.33. The molecule has 0 unspecified atom stereocenters. The van der Waals surface area contributed by atoms with Crippen LogP contribution in [-0.2, 0) is 4.79 Å². The molecule has 0 fully saturated rings. The summed E-state index contributed by atoms with van der Waals surface area (Å²) in [7, 11) is 2.94. The maximum atomic E-state index is 12.2. The fourth-order valence-corrected chi connectivity index (χ4v) is 2.43. The van der Waals surface area contributed by atoms with E-state index in [1.807, 2.05) is 0 Å². The minimum Gasteiger partial charge on any atom is -0.497 e. The van der Waals surface area contributed by atoms with Gasteiger partial charge in [-0.3, -0.25) is 19.7 Å². The number of nitrogens with one attached hydrogen (secondary N) is 2. The monoisotopic (exact) mass is 407 g/mol. The Bertz CT molecular complexity index is 881. The number of benzene rings is 2. The molecule has 0 aliphatic carbocycles. The lowest BCUT2D eigenvalue weighted by molar-refractivity contribution is -0.384. The lowest BCUT2D eigenvalue weighted by Gasteiger charge is -2.10. The lowest BCUT2D eigenvalue weighted by atomic mass is 10.2. The average Bonchev–Trinajstić information content (AvgIpc) is 2.68. The van der Waals surface area contributed by atoms with Gasteiger partial charge in [-0.1, -0.05) is 11.6 Å². The topological polar surface area (TPSA) is 120 Å². The zero-order valence-corrected chi connectivity index (χ0v) is 15.9. The van der Waals surface area contributed by atoms with Gasteiger partial charge in [0.2, 0.25) is 5.91 Å². The summed E-state index contributed by atoms with van der Waals surface area (Å²) in [5, 5.41) is 16.1. The van der Waals surface area contributed by atoms with Crippen LogP contribution >= 0.6 is 11.6 Å². The predicted molar refractivity (Wildman–Crippen MR) is 103 cm³/mol. The third-order valence-corrected chi connectivity index (χ3v) is 4.02. The molecule has 2 rings (SSSR count). The maximum Gasteiger partial charge on any atom is 0.271 e. The summed E-state index contributed by atoms with van der Waals surface area (Å²) < 4.78 is 10.2. The van der Waals surface area contributed by atoms with Crippen LogP contribution in [0.15, 0.2) is 36.4 Å². The molecule has 2 N–H and O–H groups in total. The van der Waals surface area contributed by atoms with Gasteiger partial charge in [-0.15, -0.1) is 0 Å². The molecular formula is C18H18ClN3O6. The summed E-state index contributed by atoms with van der Waals surface area (Å²) in [6.07, 6.45) is -0.0497. The molecule has 2 amide bonds. The van der Waals surface area contributed by atoms with Gasteiger partial charge in [0.15, 0.2) is 0 Å². The first-order chi connectivity index (χ1) is 13.3. The third-order valence-electron chi connectivity index (χ3n) is 3.69. The van der Waals surface area contributed by atoms with E-state index in [1.165, 1.54) is 32.4 Å². The van der Waals surface area contributed by atoms with Crippen molar-refractivity contribution in [2.24, 2.45) is 0 Å². The number of carbonyl (C=O) groups is 2. The molecule has 9 nitrogen and oxygen atoms in total. The molecule has 0 bridgehead atoms. The van der Waals surface area contributed by atoms with Gasteiger partial charge >= 0.3 is 0 Å². The molecule has 28 heavy (non-hydrogen) atoms. The molecule has 0 saturated heterocycles. The molecule has 0 heterocycles. The van der Waals surface area contributed by atoms with Crippen LogP contribution in [-0.4, -0.2) is 37.5 Å². The Labute approximate surface area is 165 Å². The number of ether oxygens (including phenoxy) is 2. The SMILES string of the molecule is COc1cc(OC)cc(C(=O)NCCC(=O)Nc2cc([N+](=O)[O-])ccc2Cl)c1. The first kappa shape index (κ1) is 21.0. The minimum absolute atomic E-state index is 0.0497. The number of halogens is 1. The maximum absolute atomic E-state index is 12.2. The molecule has 0 radical (unpaired) electrons. The van der Waals surface area contributed by atoms with E-state index in [4.69, 9.17) is 21.1 Å². The van der Waals surface area contributed by atoms with Crippen molar-refractivity contribution in [3.8, 4) is 11.5 Å². The summed E-state index contributed by atoms with van der Waals surface area (Å²) in [6.45, 7) is 0.0523. The van der Waals surface area contributed by atoms with Gasteiger partial charge in [0.25, 0.3) is 11.6 Å². The standard InChI is InChI=1S/C18H18ClN3O6/c1-27-13-7-11(8-14(10-13)28-2)18(24)20-6-5-17(23)21-16-9-12(22(25)26)3-4-15(16)19/h3-4,7-10H,5-6H2,1-2H3,(H,20,24)(H,21,23). The van der Waals surface area contributed by atoms with Crippen LogP contribution in [0.25, 0.3) is 0 Å². The van der Waals surface area contributed by atoms with Crippen molar-refractivity contribution in [3.63, 3.8) is 0 Å². The zero-order chi connectivity index (χ0) is 20.7. The molecular weight excluding hydrogens is 390 g/mol. The highest BCUT2D eigenvalue weighted by Crippen LogP contribution is 2.26. The molecule has 0 atom stereocenters. The van der Waals surface area contributed by atoms with E-state index in [0.29, 0.717) is 17.1 Å². The molecule has 0 spiro atoms. The van der Waals surface area contributed by atoms with Crippen molar-refractivity contribution in [2.75, 3.05) is 26.1 Å². The van der Waals surface area contributed by atoms with Crippen LogP contribution in [0.4, 0.5) is 11.4 Å². The van der Waals surface area contributed by atoms with Gasteiger partial charge < -0.3 is 20.1 Å². The van der Waals surface area contributed by atoms with E-state index in [2.05, 4.69) is 10.6 Å². The number of nitro benzene ring substituents is 1. The summed E-state index contributed by atoms with van der Waals surface area (Å²) >= 11 is 5.94. The molecule has 2 aromatic rings. The molecule has 0 saturated carbocycles. The predicted octanol–water partition coefficient (Wildman–Crippen LogP) is 3.02. The Morgan fingerprint density at radius 2 is 1.75 bits per heavy atom. The lowest BCUT2D eigenvalue weighted by Crippen LogP contribution is -2.27. The Kier molecular flexibility index (Phi) is 7.16. The highest BCUT2D eigenvalue weighted by molar-refractivity contribution is 6.33. The average molecular weight is 408 g/mol. The number of rotatable bonds is 8. The number of amides is 2.